The summed E-state index contributed by atoms with van der Waals surface area (Å²) in [4.78, 5) is 27.5. The Bertz CT molecular complexity index is 1290. The van der Waals surface area contributed by atoms with Crippen molar-refractivity contribution >= 4 is 32.5 Å². The van der Waals surface area contributed by atoms with Gasteiger partial charge in [-0.25, -0.2) is 17.2 Å². The molecule has 0 unspecified atom stereocenters. The number of aromatic amines is 1. The van der Waals surface area contributed by atoms with Crippen LogP contribution in [-0.4, -0.2) is 39.6 Å². The van der Waals surface area contributed by atoms with Crippen molar-refractivity contribution in [3.8, 4) is 0 Å². The minimum absolute atomic E-state index is 0.0352. The maximum atomic E-state index is 13.8. The van der Waals surface area contributed by atoms with Crippen molar-refractivity contribution in [2.75, 3.05) is 25.0 Å². The number of benzene rings is 2. The molecule has 0 aliphatic heterocycles. The lowest BCUT2D eigenvalue weighted by molar-refractivity contribution is 0.0947. The molecule has 31 heavy (non-hydrogen) atoms. The van der Waals surface area contributed by atoms with Gasteiger partial charge in [0.2, 0.25) is 5.43 Å². The summed E-state index contributed by atoms with van der Waals surface area (Å²) in [5, 5.41) is 2.55. The standard InChI is InChI=1S/C20H19F2N3O5S/c1-30-8-2-7-23-20(27)15-11-24-17-6-4-13(10-14(17)19(15)26)31(28,29)25-18-5-3-12(21)9-16(18)22/h3-6,9-11,25H,2,7-8H2,1H3,(H,23,27)(H,24,26). The van der Waals surface area contributed by atoms with Crippen LogP contribution in [0, 0.1) is 11.6 Å². The van der Waals surface area contributed by atoms with E-state index in [9.17, 15) is 26.8 Å². The third-order valence-electron chi connectivity index (χ3n) is 4.39. The minimum atomic E-state index is -4.29. The number of methoxy groups -OCH3 is 1. The first-order valence-corrected chi connectivity index (χ1v) is 10.6. The highest BCUT2D eigenvalue weighted by Crippen LogP contribution is 2.22. The predicted octanol–water partition coefficient (Wildman–Crippen LogP) is 2.37. The van der Waals surface area contributed by atoms with Gasteiger partial charge in [-0.1, -0.05) is 0 Å². The fourth-order valence-electron chi connectivity index (χ4n) is 2.82. The Morgan fingerprint density at radius 2 is 1.94 bits per heavy atom. The molecule has 0 radical (unpaired) electrons. The number of fused-ring (bicyclic) bond motifs is 1. The molecule has 1 heterocycles. The molecule has 1 amide bonds. The van der Waals surface area contributed by atoms with Gasteiger partial charge in [-0.05, 0) is 36.8 Å². The quantitative estimate of drug-likeness (QED) is 0.455. The van der Waals surface area contributed by atoms with Crippen molar-refractivity contribution in [3.05, 3.63) is 70.0 Å². The Labute approximate surface area is 176 Å². The van der Waals surface area contributed by atoms with Gasteiger partial charge >= 0.3 is 0 Å². The predicted molar refractivity (Wildman–Crippen MR) is 111 cm³/mol. The molecule has 0 saturated carbocycles. The molecule has 0 aliphatic carbocycles. The summed E-state index contributed by atoms with van der Waals surface area (Å²) in [5.74, 6) is -2.56. The molecule has 2 aromatic carbocycles. The Balaban J connectivity index is 1.93. The topological polar surface area (TPSA) is 117 Å². The summed E-state index contributed by atoms with van der Waals surface area (Å²) in [6.07, 6.45) is 1.80. The molecule has 3 rings (SSSR count). The minimum Gasteiger partial charge on any atom is -0.385 e. The Morgan fingerprint density at radius 3 is 2.65 bits per heavy atom. The van der Waals surface area contributed by atoms with Crippen molar-refractivity contribution in [2.45, 2.75) is 11.3 Å². The highest BCUT2D eigenvalue weighted by molar-refractivity contribution is 7.92. The number of nitrogens with one attached hydrogen (secondary N) is 3. The SMILES string of the molecule is COCCCNC(=O)c1c[nH]c2ccc(S(=O)(=O)Nc3ccc(F)cc3F)cc2c1=O. The van der Waals surface area contributed by atoms with E-state index in [0.29, 0.717) is 31.2 Å². The van der Waals surface area contributed by atoms with Crippen LogP contribution in [0.15, 0.2) is 52.3 Å². The first-order chi connectivity index (χ1) is 14.7. The summed E-state index contributed by atoms with van der Waals surface area (Å²) in [7, 11) is -2.76. The summed E-state index contributed by atoms with van der Waals surface area (Å²) in [5.41, 5.74) is -0.979. The maximum absolute atomic E-state index is 13.8. The maximum Gasteiger partial charge on any atom is 0.262 e. The fraction of sp³-hybridized carbons (Fsp3) is 0.200. The molecule has 0 bridgehead atoms. The van der Waals surface area contributed by atoms with Crippen LogP contribution in [0.5, 0.6) is 0 Å². The second-order valence-corrected chi connectivity index (χ2v) is 8.25. The number of amides is 1. The second-order valence-electron chi connectivity index (χ2n) is 6.57. The fourth-order valence-corrected chi connectivity index (χ4v) is 3.92. The van der Waals surface area contributed by atoms with Gasteiger partial charge < -0.3 is 15.0 Å². The van der Waals surface area contributed by atoms with Crippen molar-refractivity contribution in [2.24, 2.45) is 0 Å². The molecule has 1 aromatic heterocycles. The summed E-state index contributed by atoms with van der Waals surface area (Å²) in [6, 6.07) is 6.05. The molecule has 8 nitrogen and oxygen atoms in total. The van der Waals surface area contributed by atoms with Crippen LogP contribution in [0.3, 0.4) is 0 Å². The van der Waals surface area contributed by atoms with Crippen LogP contribution < -0.4 is 15.5 Å². The van der Waals surface area contributed by atoms with Crippen molar-refractivity contribution in [1.29, 1.82) is 0 Å². The van der Waals surface area contributed by atoms with Gasteiger partial charge in [-0.15, -0.1) is 0 Å². The number of carbonyl (C=O) groups is 1. The van der Waals surface area contributed by atoms with Gasteiger partial charge in [0.25, 0.3) is 15.9 Å². The average Bonchev–Trinajstić information content (AvgIpc) is 2.73. The lowest BCUT2D eigenvalue weighted by Gasteiger charge is -2.10. The van der Waals surface area contributed by atoms with Gasteiger partial charge in [0, 0.05) is 43.4 Å². The average molecular weight is 451 g/mol. The van der Waals surface area contributed by atoms with Crippen LogP contribution >= 0.6 is 0 Å². The molecule has 0 fully saturated rings. The number of halogens is 2. The highest BCUT2D eigenvalue weighted by Gasteiger charge is 2.19. The van der Waals surface area contributed by atoms with Crippen molar-refractivity contribution in [1.82, 2.24) is 10.3 Å². The number of rotatable bonds is 8. The number of anilines is 1. The molecule has 0 atom stereocenters. The van der Waals surface area contributed by atoms with Gasteiger partial charge in [0.15, 0.2) is 0 Å². The monoisotopic (exact) mass is 451 g/mol. The Morgan fingerprint density at radius 1 is 1.16 bits per heavy atom. The van der Waals surface area contributed by atoms with E-state index in [1.807, 2.05) is 4.72 Å². The van der Waals surface area contributed by atoms with E-state index in [0.717, 1.165) is 18.2 Å². The number of carbonyl (C=O) groups excluding carboxylic acids is 1. The van der Waals surface area contributed by atoms with E-state index in [1.165, 1.54) is 25.4 Å². The molecule has 3 N–H and O–H groups in total. The van der Waals surface area contributed by atoms with Gasteiger partial charge in [-0.2, -0.15) is 0 Å². The second kappa shape index (κ2) is 9.23. The summed E-state index contributed by atoms with van der Waals surface area (Å²) >= 11 is 0. The van der Waals surface area contributed by atoms with Gasteiger partial charge in [-0.3, -0.25) is 14.3 Å². The van der Waals surface area contributed by atoms with Crippen LogP contribution in [0.2, 0.25) is 0 Å². The first kappa shape index (κ1) is 22.4. The molecule has 11 heteroatoms. The van der Waals surface area contributed by atoms with E-state index in [2.05, 4.69) is 10.3 Å². The summed E-state index contributed by atoms with van der Waals surface area (Å²) in [6.45, 7) is 0.739. The molecular formula is C20H19F2N3O5S. The zero-order chi connectivity index (χ0) is 22.6. The number of hydrogen-bond donors (Lipinski definition) is 3. The molecular weight excluding hydrogens is 432 g/mol. The number of aromatic nitrogens is 1. The zero-order valence-corrected chi connectivity index (χ0v) is 17.2. The van der Waals surface area contributed by atoms with Gasteiger partial charge in [0.05, 0.1) is 10.6 Å². The molecule has 3 aromatic rings. The lowest BCUT2D eigenvalue weighted by atomic mass is 10.1. The molecule has 164 valence electrons. The van der Waals surface area contributed by atoms with Crippen LogP contribution in [-0.2, 0) is 14.8 Å². The Hall–Kier alpha value is -3.31. The Kier molecular flexibility index (Phi) is 6.66. The largest absolute Gasteiger partial charge is 0.385 e. The smallest absolute Gasteiger partial charge is 0.262 e. The van der Waals surface area contributed by atoms with Crippen molar-refractivity contribution in [3.63, 3.8) is 0 Å². The van der Waals surface area contributed by atoms with E-state index in [-0.39, 0.29) is 15.8 Å². The molecule has 0 aliphatic rings. The van der Waals surface area contributed by atoms with E-state index in [1.54, 1.807) is 0 Å². The molecule has 0 spiro atoms. The summed E-state index contributed by atoms with van der Waals surface area (Å²) < 4.78 is 59.1. The van der Waals surface area contributed by atoms with E-state index in [4.69, 9.17) is 4.74 Å². The van der Waals surface area contributed by atoms with Crippen LogP contribution in [0.4, 0.5) is 14.5 Å². The number of pyridine rings is 1. The third kappa shape index (κ3) is 5.06. The van der Waals surface area contributed by atoms with Crippen LogP contribution in [0.1, 0.15) is 16.8 Å². The first-order valence-electron chi connectivity index (χ1n) is 9.13. The number of ether oxygens (including phenoxy) is 1. The number of H-pyrrole nitrogens is 1. The zero-order valence-electron chi connectivity index (χ0n) is 16.4. The lowest BCUT2D eigenvalue weighted by Crippen LogP contribution is -2.30. The van der Waals surface area contributed by atoms with E-state index >= 15 is 0 Å². The highest BCUT2D eigenvalue weighted by atomic mass is 32.2. The normalized spacial score (nSPS) is 11.5. The van der Waals surface area contributed by atoms with E-state index < -0.39 is 38.7 Å². The van der Waals surface area contributed by atoms with Gasteiger partial charge in [0.1, 0.15) is 17.2 Å². The third-order valence-corrected chi connectivity index (χ3v) is 5.76. The van der Waals surface area contributed by atoms with Crippen LogP contribution in [0.25, 0.3) is 10.9 Å². The van der Waals surface area contributed by atoms with Crippen molar-refractivity contribution < 1.29 is 26.7 Å². The number of hydrogen-bond acceptors (Lipinski definition) is 5. The number of sulfonamides is 1. The molecule has 0 saturated heterocycles.